The minimum atomic E-state index is -1.08. The van der Waals surface area contributed by atoms with Gasteiger partial charge in [0.05, 0.1) is 0 Å². The van der Waals surface area contributed by atoms with Gasteiger partial charge in [0, 0.05) is 26.1 Å². The SMILES string of the molecule is CC(NC(=O)c1cccc(/C=C\CCCC(=O)N(C)C)c1)C(=O)O. The first-order valence-electron chi connectivity index (χ1n) is 7.81. The molecule has 1 rings (SSSR count). The highest BCUT2D eigenvalue weighted by Crippen LogP contribution is 2.09. The Hall–Kier alpha value is -2.63. The second-order valence-corrected chi connectivity index (χ2v) is 5.74. The Balaban J connectivity index is 2.56. The van der Waals surface area contributed by atoms with Crippen molar-refractivity contribution in [1.29, 1.82) is 0 Å². The molecule has 0 aliphatic carbocycles. The van der Waals surface area contributed by atoms with Gasteiger partial charge in [-0.05, 0) is 37.5 Å². The summed E-state index contributed by atoms with van der Waals surface area (Å²) in [4.78, 5) is 35.8. The van der Waals surface area contributed by atoms with Gasteiger partial charge in [0.2, 0.25) is 5.91 Å². The van der Waals surface area contributed by atoms with E-state index in [1.54, 1.807) is 37.2 Å². The van der Waals surface area contributed by atoms with Crippen LogP contribution in [-0.2, 0) is 9.59 Å². The topological polar surface area (TPSA) is 86.7 Å². The molecule has 6 heteroatoms. The average Bonchev–Trinajstić information content (AvgIpc) is 2.54. The van der Waals surface area contributed by atoms with Gasteiger partial charge in [0.1, 0.15) is 6.04 Å². The summed E-state index contributed by atoms with van der Waals surface area (Å²) in [6.07, 6.45) is 5.89. The first kappa shape index (κ1) is 19.4. The lowest BCUT2D eigenvalue weighted by Crippen LogP contribution is -2.38. The third-order valence-corrected chi connectivity index (χ3v) is 3.44. The lowest BCUT2D eigenvalue weighted by Gasteiger charge is -2.09. The number of allylic oxidation sites excluding steroid dienone is 1. The summed E-state index contributed by atoms with van der Waals surface area (Å²) in [6.45, 7) is 1.42. The van der Waals surface area contributed by atoms with Crippen LogP contribution in [0, 0.1) is 0 Å². The fraction of sp³-hybridized carbons (Fsp3) is 0.389. The highest BCUT2D eigenvalue weighted by Gasteiger charge is 2.15. The smallest absolute Gasteiger partial charge is 0.325 e. The number of nitrogens with zero attached hydrogens (tertiary/aromatic N) is 1. The molecule has 24 heavy (non-hydrogen) atoms. The normalized spacial score (nSPS) is 12.0. The van der Waals surface area contributed by atoms with Crippen molar-refractivity contribution in [3.8, 4) is 0 Å². The van der Waals surface area contributed by atoms with E-state index in [0.29, 0.717) is 12.0 Å². The van der Waals surface area contributed by atoms with E-state index in [9.17, 15) is 14.4 Å². The van der Waals surface area contributed by atoms with Gasteiger partial charge >= 0.3 is 5.97 Å². The van der Waals surface area contributed by atoms with Gasteiger partial charge in [-0.3, -0.25) is 14.4 Å². The predicted octanol–water partition coefficient (Wildman–Crippen LogP) is 2.16. The van der Waals surface area contributed by atoms with E-state index >= 15 is 0 Å². The maximum atomic E-state index is 12.0. The molecule has 130 valence electrons. The van der Waals surface area contributed by atoms with Crippen LogP contribution >= 0.6 is 0 Å². The van der Waals surface area contributed by atoms with Crippen LogP contribution in [0.2, 0.25) is 0 Å². The first-order valence-corrected chi connectivity index (χ1v) is 7.81. The molecule has 0 spiro atoms. The number of benzene rings is 1. The third-order valence-electron chi connectivity index (χ3n) is 3.44. The second kappa shape index (κ2) is 9.50. The third kappa shape index (κ3) is 6.64. The number of carbonyl (C=O) groups excluding carboxylic acids is 2. The van der Waals surface area contributed by atoms with Crippen molar-refractivity contribution in [2.24, 2.45) is 0 Å². The number of nitrogens with one attached hydrogen (secondary N) is 1. The molecule has 0 fully saturated rings. The van der Waals surface area contributed by atoms with Crippen LogP contribution < -0.4 is 5.32 Å². The number of aliphatic carboxylic acids is 1. The molecular formula is C18H24N2O4. The van der Waals surface area contributed by atoms with Crippen LogP contribution in [0.15, 0.2) is 30.3 Å². The van der Waals surface area contributed by atoms with Crippen LogP contribution in [0.1, 0.15) is 42.1 Å². The van der Waals surface area contributed by atoms with Gasteiger partial charge < -0.3 is 15.3 Å². The molecule has 0 radical (unpaired) electrons. The van der Waals surface area contributed by atoms with Crippen LogP contribution in [0.25, 0.3) is 6.08 Å². The number of carbonyl (C=O) groups is 3. The zero-order valence-electron chi connectivity index (χ0n) is 14.3. The Morgan fingerprint density at radius 1 is 1.29 bits per heavy atom. The molecule has 6 nitrogen and oxygen atoms in total. The molecule has 0 saturated carbocycles. The number of hydrogen-bond donors (Lipinski definition) is 2. The Kier molecular flexibility index (Phi) is 7.68. The number of carboxylic acids is 1. The van der Waals surface area contributed by atoms with Crippen molar-refractivity contribution in [1.82, 2.24) is 10.2 Å². The second-order valence-electron chi connectivity index (χ2n) is 5.74. The molecular weight excluding hydrogens is 308 g/mol. The van der Waals surface area contributed by atoms with E-state index in [4.69, 9.17) is 5.11 Å². The first-order chi connectivity index (χ1) is 11.3. The zero-order valence-corrected chi connectivity index (χ0v) is 14.3. The lowest BCUT2D eigenvalue weighted by molar-refractivity contribution is -0.138. The van der Waals surface area contributed by atoms with Gasteiger partial charge in [-0.2, -0.15) is 0 Å². The molecule has 1 unspecified atom stereocenters. The van der Waals surface area contributed by atoms with Gasteiger partial charge in [-0.25, -0.2) is 0 Å². The number of unbranched alkanes of at least 4 members (excludes halogenated alkanes) is 1. The Morgan fingerprint density at radius 2 is 2.00 bits per heavy atom. The minimum absolute atomic E-state index is 0.106. The Bertz CT molecular complexity index is 623. The molecule has 0 aliphatic rings. The molecule has 2 N–H and O–H groups in total. The minimum Gasteiger partial charge on any atom is -0.480 e. The number of carboxylic acid groups (broad SMARTS) is 1. The summed E-state index contributed by atoms with van der Waals surface area (Å²) in [5.41, 5.74) is 1.26. The maximum Gasteiger partial charge on any atom is 0.325 e. The molecule has 0 aromatic heterocycles. The van der Waals surface area contributed by atoms with Gasteiger partial charge in [-0.15, -0.1) is 0 Å². The van der Waals surface area contributed by atoms with E-state index in [1.165, 1.54) is 6.92 Å². The zero-order chi connectivity index (χ0) is 18.1. The standard InChI is InChI=1S/C18H24N2O4/c1-13(18(23)24)19-17(22)15-10-7-9-14(12-15)8-5-4-6-11-16(21)20(2)3/h5,7-10,12-13H,4,6,11H2,1-3H3,(H,19,22)(H,23,24)/b8-5-. The summed E-state index contributed by atoms with van der Waals surface area (Å²) in [7, 11) is 3.47. The van der Waals surface area contributed by atoms with Crippen molar-refractivity contribution in [2.75, 3.05) is 14.1 Å². The van der Waals surface area contributed by atoms with E-state index in [2.05, 4.69) is 5.32 Å². The van der Waals surface area contributed by atoms with E-state index < -0.39 is 17.9 Å². The van der Waals surface area contributed by atoms with Crippen LogP contribution in [0.5, 0.6) is 0 Å². The molecule has 0 aliphatic heterocycles. The van der Waals surface area contributed by atoms with Crippen molar-refractivity contribution in [3.05, 3.63) is 41.5 Å². The van der Waals surface area contributed by atoms with Gasteiger partial charge in [0.15, 0.2) is 0 Å². The lowest BCUT2D eigenvalue weighted by atomic mass is 10.1. The summed E-state index contributed by atoms with van der Waals surface area (Å²) in [5.74, 6) is -1.39. The molecule has 1 atom stereocenters. The maximum absolute atomic E-state index is 12.0. The van der Waals surface area contributed by atoms with Crippen molar-refractivity contribution >= 4 is 23.9 Å². The molecule has 0 heterocycles. The highest BCUT2D eigenvalue weighted by atomic mass is 16.4. The summed E-state index contributed by atoms with van der Waals surface area (Å²) < 4.78 is 0. The quantitative estimate of drug-likeness (QED) is 0.714. The average molecular weight is 332 g/mol. The summed E-state index contributed by atoms with van der Waals surface area (Å²) in [6, 6.07) is 6.00. The van der Waals surface area contributed by atoms with E-state index in [0.717, 1.165) is 18.4 Å². The van der Waals surface area contributed by atoms with Crippen LogP contribution in [-0.4, -0.2) is 47.9 Å². The number of hydrogen-bond acceptors (Lipinski definition) is 3. The molecule has 0 bridgehead atoms. The summed E-state index contributed by atoms with van der Waals surface area (Å²) >= 11 is 0. The highest BCUT2D eigenvalue weighted by molar-refractivity contribution is 5.96. The van der Waals surface area contributed by atoms with Gasteiger partial charge in [0.25, 0.3) is 5.91 Å². The predicted molar refractivity (Wildman–Crippen MR) is 92.6 cm³/mol. The summed E-state index contributed by atoms with van der Waals surface area (Å²) in [5, 5.41) is 11.2. The van der Waals surface area contributed by atoms with Crippen molar-refractivity contribution in [2.45, 2.75) is 32.2 Å². The molecule has 1 aromatic carbocycles. The van der Waals surface area contributed by atoms with Crippen LogP contribution in [0.4, 0.5) is 0 Å². The van der Waals surface area contributed by atoms with Crippen molar-refractivity contribution < 1.29 is 19.5 Å². The van der Waals surface area contributed by atoms with Crippen LogP contribution in [0.3, 0.4) is 0 Å². The number of amides is 2. The molecule has 0 saturated heterocycles. The Labute approximate surface area is 142 Å². The van der Waals surface area contributed by atoms with E-state index in [1.807, 2.05) is 18.2 Å². The molecule has 2 amide bonds. The van der Waals surface area contributed by atoms with E-state index in [-0.39, 0.29) is 5.91 Å². The Morgan fingerprint density at radius 3 is 2.62 bits per heavy atom. The fourth-order valence-electron chi connectivity index (χ4n) is 1.94. The largest absolute Gasteiger partial charge is 0.480 e. The monoisotopic (exact) mass is 332 g/mol. The molecule has 1 aromatic rings. The number of rotatable bonds is 8. The van der Waals surface area contributed by atoms with Crippen molar-refractivity contribution in [3.63, 3.8) is 0 Å². The van der Waals surface area contributed by atoms with Gasteiger partial charge in [-0.1, -0.05) is 24.3 Å². The fourth-order valence-corrected chi connectivity index (χ4v) is 1.94.